The predicted molar refractivity (Wildman–Crippen MR) is 393 cm³/mol. The van der Waals surface area contributed by atoms with E-state index in [1.165, 1.54) is 34.9 Å². The van der Waals surface area contributed by atoms with E-state index in [4.69, 9.17) is 42.6 Å². The topological polar surface area (TPSA) is 144 Å². The smallest absolute Gasteiger partial charge is 0.165 e. The zero-order valence-corrected chi connectivity index (χ0v) is 59.6. The van der Waals surface area contributed by atoms with Gasteiger partial charge in [0.2, 0.25) is 0 Å². The van der Waals surface area contributed by atoms with Gasteiger partial charge in [0.25, 0.3) is 0 Å². The summed E-state index contributed by atoms with van der Waals surface area (Å²) in [5, 5.41) is 29.8. The summed E-state index contributed by atoms with van der Waals surface area (Å²) in [6, 6.07) is 65.1. The van der Waals surface area contributed by atoms with Gasteiger partial charge in [-0.15, -0.1) is 0 Å². The van der Waals surface area contributed by atoms with Gasteiger partial charge in [-0.05, 0) is 254 Å². The number of phenols is 3. The van der Waals surface area contributed by atoms with Crippen LogP contribution in [0.15, 0.2) is 200 Å². The maximum absolute atomic E-state index is 14.4. The average molecular weight is 1390 g/mol. The lowest BCUT2D eigenvalue weighted by molar-refractivity contribution is -0.107. The highest BCUT2D eigenvalue weighted by atomic mass is 19.1. The molecular weight excluding hydrogens is 1290 g/mol. The monoisotopic (exact) mass is 1390 g/mol. The van der Waals surface area contributed by atoms with Crippen LogP contribution in [0.25, 0.3) is 0 Å². The second-order valence-corrected chi connectivity index (χ2v) is 26.6. The van der Waals surface area contributed by atoms with E-state index in [2.05, 4.69) is 109 Å². The van der Waals surface area contributed by atoms with E-state index in [1.54, 1.807) is 60.9 Å². The Morgan fingerprint density at radius 3 is 0.794 bits per heavy atom. The molecule has 0 aromatic heterocycles. The standard InChI is InChI=1S/3C29H33FO4/c3*1-32-28(33-2)10-6-7-17-34-23-14-11-21(12-15-23)29-24(20-8-4-3-5-9-20)16-13-22-18-27(31)26(30)19-25(22)29/h3*3-5,8-9,11-12,14-15,18-19,24,28-29,31H,6-7,10,13,16-17H2,1-2H3/t3*24-,29+/m110/s1. The average Bonchev–Trinajstić information content (AvgIpc) is 0.779. The van der Waals surface area contributed by atoms with Crippen LogP contribution in [0.5, 0.6) is 34.5 Å². The van der Waals surface area contributed by atoms with E-state index in [9.17, 15) is 28.5 Å². The summed E-state index contributed by atoms with van der Waals surface area (Å²) in [7, 11) is 9.90. The van der Waals surface area contributed by atoms with Crippen molar-refractivity contribution in [3.05, 3.63) is 284 Å². The minimum atomic E-state index is -0.568. The Morgan fingerprint density at radius 2 is 0.559 bits per heavy atom. The molecule has 12 nitrogen and oxygen atoms in total. The fourth-order valence-corrected chi connectivity index (χ4v) is 15.0. The first-order chi connectivity index (χ1) is 49.8. The molecule has 3 aliphatic carbocycles. The zero-order valence-electron chi connectivity index (χ0n) is 59.6. The lowest BCUT2D eigenvalue weighted by atomic mass is 9.69. The highest BCUT2D eigenvalue weighted by Gasteiger charge is 2.36. The van der Waals surface area contributed by atoms with Crippen molar-refractivity contribution in [2.45, 2.75) is 151 Å². The largest absolute Gasteiger partial charge is 0.505 e. The molecule has 15 heteroatoms. The number of fused-ring (bicyclic) bond motifs is 3. The Morgan fingerprint density at radius 1 is 0.314 bits per heavy atom. The van der Waals surface area contributed by atoms with E-state index >= 15 is 0 Å². The number of methoxy groups -OCH3 is 6. The first-order valence-electron chi connectivity index (χ1n) is 35.8. The van der Waals surface area contributed by atoms with Crippen molar-refractivity contribution in [2.24, 2.45) is 0 Å². The maximum Gasteiger partial charge on any atom is 0.165 e. The molecule has 540 valence electrons. The molecule has 6 atom stereocenters. The molecule has 0 bridgehead atoms. The fourth-order valence-electron chi connectivity index (χ4n) is 15.0. The van der Waals surface area contributed by atoms with E-state index in [-0.39, 0.29) is 71.6 Å². The number of aromatic hydroxyl groups is 3. The number of hydrogen-bond acceptors (Lipinski definition) is 12. The fraction of sp³-hybridized carbons (Fsp3) is 0.379. The predicted octanol–water partition coefficient (Wildman–Crippen LogP) is 19.7. The number of benzene rings is 9. The van der Waals surface area contributed by atoms with Crippen LogP contribution in [0, 0.1) is 17.5 Å². The molecule has 0 saturated heterocycles. The van der Waals surface area contributed by atoms with Gasteiger partial charge in [-0.1, -0.05) is 127 Å². The molecule has 0 fully saturated rings. The number of phenolic OH excluding ortho intramolecular Hbond substituents is 3. The molecule has 12 rings (SSSR count). The van der Waals surface area contributed by atoms with Crippen LogP contribution in [0.4, 0.5) is 13.2 Å². The van der Waals surface area contributed by atoms with Crippen LogP contribution in [-0.2, 0) is 47.7 Å². The SMILES string of the molecule is COC(CCCCOc1ccc([C@@H]2c3cc(F)c(O)cc3CC[C@@H]2c2ccccc2)cc1)OC.COC(CCCCOc1ccc([C@@H]2c3cc(F)c(O)cc3CC[C@@H]2c2ccccc2)cc1)OC.COC(CCCCOc1ccc([C@H]2c3cc(F)c(O)cc3CC[C@H]2c2ccccc2)cc1)OC. The zero-order chi connectivity index (χ0) is 71.7. The lowest BCUT2D eigenvalue weighted by Gasteiger charge is -2.35. The summed E-state index contributed by atoms with van der Waals surface area (Å²) < 4.78 is 92.3. The number of unbranched alkanes of at least 4 members (excludes halogenated alkanes) is 3. The third-order valence-electron chi connectivity index (χ3n) is 20.3. The Kier molecular flexibility index (Phi) is 28.7. The number of rotatable bonds is 30. The van der Waals surface area contributed by atoms with Gasteiger partial charge in [0.1, 0.15) is 17.2 Å². The van der Waals surface area contributed by atoms with Crippen molar-refractivity contribution in [2.75, 3.05) is 62.5 Å². The van der Waals surface area contributed by atoms with Gasteiger partial charge in [-0.3, -0.25) is 0 Å². The van der Waals surface area contributed by atoms with E-state index in [1.807, 2.05) is 54.6 Å². The van der Waals surface area contributed by atoms with Crippen LogP contribution >= 0.6 is 0 Å². The summed E-state index contributed by atoms with van der Waals surface area (Å²) >= 11 is 0. The van der Waals surface area contributed by atoms with Crippen LogP contribution in [-0.4, -0.2) is 96.7 Å². The quantitative estimate of drug-likeness (QED) is 0.0291. The third kappa shape index (κ3) is 20.1. The molecule has 0 aliphatic heterocycles. The van der Waals surface area contributed by atoms with Gasteiger partial charge >= 0.3 is 0 Å². The summed E-state index contributed by atoms with van der Waals surface area (Å²) in [5.41, 5.74) is 13.0. The van der Waals surface area contributed by atoms with Gasteiger partial charge in [0.15, 0.2) is 53.6 Å². The van der Waals surface area contributed by atoms with E-state index < -0.39 is 17.5 Å². The molecule has 3 N–H and O–H groups in total. The van der Waals surface area contributed by atoms with Crippen LogP contribution in [0.1, 0.15) is 179 Å². The maximum atomic E-state index is 14.4. The lowest BCUT2D eigenvalue weighted by Crippen LogP contribution is -2.20. The third-order valence-corrected chi connectivity index (χ3v) is 20.3. The summed E-state index contributed by atoms with van der Waals surface area (Å²) in [6.07, 6.45) is 12.9. The van der Waals surface area contributed by atoms with Gasteiger partial charge < -0.3 is 58.0 Å². The molecule has 3 aliphatic rings. The van der Waals surface area contributed by atoms with E-state index in [0.717, 1.165) is 164 Å². The number of hydrogen-bond donors (Lipinski definition) is 3. The van der Waals surface area contributed by atoms with Crippen molar-refractivity contribution < 1.29 is 71.1 Å². The first-order valence-corrected chi connectivity index (χ1v) is 35.8. The Balaban J connectivity index is 0.000000165. The molecule has 9 aromatic carbocycles. The summed E-state index contributed by atoms with van der Waals surface area (Å²) in [4.78, 5) is 0. The normalized spacial score (nSPS) is 17.5. The van der Waals surface area contributed by atoms with Crippen molar-refractivity contribution in [1.82, 2.24) is 0 Å². The molecule has 9 aromatic rings. The second kappa shape index (κ2) is 38.6. The highest BCUT2D eigenvalue weighted by molar-refractivity contribution is 5.52. The van der Waals surface area contributed by atoms with Gasteiger partial charge in [0, 0.05) is 60.4 Å². The van der Waals surface area contributed by atoms with Crippen LogP contribution < -0.4 is 14.2 Å². The number of aryl methyl sites for hydroxylation is 3. The number of halogens is 3. The molecular formula is C87H99F3O12. The molecule has 0 radical (unpaired) electrons. The number of ether oxygens (including phenoxy) is 9. The van der Waals surface area contributed by atoms with Crippen LogP contribution in [0.3, 0.4) is 0 Å². The first kappa shape index (κ1) is 76.0. The molecule has 0 unspecified atom stereocenters. The molecule has 0 amide bonds. The summed E-state index contributed by atoms with van der Waals surface area (Å²) in [6.45, 7) is 1.88. The Hall–Kier alpha value is -8.67. The molecule has 102 heavy (non-hydrogen) atoms. The van der Waals surface area contributed by atoms with Gasteiger partial charge in [0.05, 0.1) is 19.8 Å². The van der Waals surface area contributed by atoms with Crippen LogP contribution in [0.2, 0.25) is 0 Å². The minimum Gasteiger partial charge on any atom is -0.505 e. The molecule has 0 heterocycles. The summed E-state index contributed by atoms with van der Waals surface area (Å²) in [5.74, 6) is 0.668. The molecule has 0 spiro atoms. The Labute approximate surface area is 600 Å². The Bertz CT molecular complexity index is 3550. The van der Waals surface area contributed by atoms with Crippen molar-refractivity contribution in [3.63, 3.8) is 0 Å². The second-order valence-electron chi connectivity index (χ2n) is 26.6. The minimum absolute atomic E-state index is 0.00956. The van der Waals surface area contributed by atoms with Crippen molar-refractivity contribution in [1.29, 1.82) is 0 Å². The highest BCUT2D eigenvalue weighted by Crippen LogP contribution is 2.51. The van der Waals surface area contributed by atoms with E-state index in [0.29, 0.717) is 19.8 Å². The van der Waals surface area contributed by atoms with Gasteiger partial charge in [-0.2, -0.15) is 0 Å². The van der Waals surface area contributed by atoms with Crippen molar-refractivity contribution in [3.8, 4) is 34.5 Å². The van der Waals surface area contributed by atoms with Crippen molar-refractivity contribution >= 4 is 0 Å². The molecule has 0 saturated carbocycles. The van der Waals surface area contributed by atoms with Gasteiger partial charge in [-0.25, -0.2) is 13.2 Å².